The number of nitrogens with two attached hydrogens (primary N) is 1. The first-order valence-corrected chi connectivity index (χ1v) is 6.22. The monoisotopic (exact) mass is 261 g/mol. The van der Waals surface area contributed by atoms with Gasteiger partial charge >= 0.3 is 0 Å². The van der Waals surface area contributed by atoms with E-state index in [1.165, 1.54) is 30.8 Å². The van der Waals surface area contributed by atoms with Crippen LogP contribution in [-0.2, 0) is 0 Å². The summed E-state index contributed by atoms with van der Waals surface area (Å²) in [7, 11) is 0. The van der Waals surface area contributed by atoms with Gasteiger partial charge in [0, 0.05) is 21.0 Å². The van der Waals surface area contributed by atoms with Crippen molar-refractivity contribution in [3.63, 3.8) is 0 Å². The molecule has 0 aliphatic heterocycles. The van der Waals surface area contributed by atoms with Crippen molar-refractivity contribution in [1.29, 1.82) is 0 Å². The van der Waals surface area contributed by atoms with Crippen LogP contribution in [-0.4, -0.2) is 5.78 Å². The molecule has 0 bridgehead atoms. The van der Waals surface area contributed by atoms with E-state index in [0.29, 0.717) is 11.3 Å². The lowest BCUT2D eigenvalue weighted by Crippen LogP contribution is -1.99. The number of carbonyl (C=O) groups is 1. The fourth-order valence-electron chi connectivity index (χ4n) is 1.57. The number of hydrogen-bond donors (Lipinski definition) is 1. The number of rotatable bonds is 3. The Kier molecular flexibility index (Phi) is 3.67. The Morgan fingerprint density at radius 1 is 1.17 bits per heavy atom. The molecule has 0 atom stereocenters. The van der Waals surface area contributed by atoms with Crippen molar-refractivity contribution >= 4 is 23.2 Å². The molecular weight excluding hydrogens is 249 g/mol. The first-order valence-electron chi connectivity index (χ1n) is 5.40. The third-order valence-electron chi connectivity index (χ3n) is 2.44. The summed E-state index contributed by atoms with van der Waals surface area (Å²) in [6.45, 7) is 1.47. The molecule has 0 aliphatic rings. The molecule has 0 fully saturated rings. The molecule has 0 aromatic heterocycles. The summed E-state index contributed by atoms with van der Waals surface area (Å²) < 4.78 is 13.1. The van der Waals surface area contributed by atoms with Gasteiger partial charge in [-0.2, -0.15) is 0 Å². The van der Waals surface area contributed by atoms with Gasteiger partial charge < -0.3 is 5.73 Å². The van der Waals surface area contributed by atoms with E-state index in [1.54, 1.807) is 18.2 Å². The van der Waals surface area contributed by atoms with Crippen LogP contribution in [0.25, 0.3) is 0 Å². The predicted octanol–water partition coefficient (Wildman–Crippen LogP) is 3.76. The second-order valence-electron chi connectivity index (χ2n) is 3.86. The average molecular weight is 261 g/mol. The van der Waals surface area contributed by atoms with Gasteiger partial charge in [0.1, 0.15) is 5.82 Å². The molecule has 0 aliphatic carbocycles. The van der Waals surface area contributed by atoms with Crippen LogP contribution >= 0.6 is 11.8 Å². The fourth-order valence-corrected chi connectivity index (χ4v) is 2.47. The largest absolute Gasteiger partial charge is 0.398 e. The van der Waals surface area contributed by atoms with Crippen molar-refractivity contribution in [2.75, 3.05) is 5.73 Å². The van der Waals surface area contributed by atoms with Crippen LogP contribution in [0, 0.1) is 5.82 Å². The lowest BCUT2D eigenvalue weighted by molar-refractivity contribution is 0.101. The van der Waals surface area contributed by atoms with Crippen LogP contribution in [0.4, 0.5) is 10.1 Å². The molecule has 2 aromatic carbocycles. The van der Waals surface area contributed by atoms with E-state index in [-0.39, 0.29) is 11.6 Å². The molecule has 0 unspecified atom stereocenters. The van der Waals surface area contributed by atoms with Crippen molar-refractivity contribution in [1.82, 2.24) is 0 Å². The maximum atomic E-state index is 13.1. The predicted molar refractivity (Wildman–Crippen MR) is 71.4 cm³/mol. The molecule has 0 heterocycles. The molecule has 2 rings (SSSR count). The third kappa shape index (κ3) is 2.90. The quantitative estimate of drug-likeness (QED) is 0.675. The van der Waals surface area contributed by atoms with Crippen molar-refractivity contribution in [2.24, 2.45) is 0 Å². The normalized spacial score (nSPS) is 10.3. The lowest BCUT2D eigenvalue weighted by atomic mass is 10.1. The van der Waals surface area contributed by atoms with Crippen LogP contribution in [0.1, 0.15) is 17.3 Å². The minimum Gasteiger partial charge on any atom is -0.398 e. The smallest absolute Gasteiger partial charge is 0.161 e. The fraction of sp³-hybridized carbons (Fsp3) is 0.0714. The maximum Gasteiger partial charge on any atom is 0.161 e. The van der Waals surface area contributed by atoms with Crippen LogP contribution in [0.2, 0.25) is 0 Å². The molecule has 2 aromatic rings. The summed E-state index contributed by atoms with van der Waals surface area (Å²) >= 11 is 1.39. The van der Waals surface area contributed by atoms with Gasteiger partial charge in [0.05, 0.1) is 0 Å². The molecule has 0 radical (unpaired) electrons. The van der Waals surface area contributed by atoms with Gasteiger partial charge in [0.25, 0.3) is 0 Å². The van der Waals surface area contributed by atoms with Crippen molar-refractivity contribution < 1.29 is 9.18 Å². The third-order valence-corrected chi connectivity index (χ3v) is 3.42. The molecule has 4 heteroatoms. The highest BCUT2D eigenvalue weighted by atomic mass is 32.2. The summed E-state index contributed by atoms with van der Waals surface area (Å²) in [5, 5.41) is 0. The Bertz CT molecular complexity index is 598. The number of halogens is 1. The van der Waals surface area contributed by atoms with Gasteiger partial charge in [-0.05, 0) is 43.3 Å². The van der Waals surface area contributed by atoms with E-state index in [1.807, 2.05) is 12.1 Å². The number of benzene rings is 2. The van der Waals surface area contributed by atoms with E-state index in [2.05, 4.69) is 0 Å². The Balaban J connectivity index is 2.30. The van der Waals surface area contributed by atoms with Crippen molar-refractivity contribution in [3.8, 4) is 0 Å². The Morgan fingerprint density at radius 2 is 1.89 bits per heavy atom. The Morgan fingerprint density at radius 3 is 2.56 bits per heavy atom. The first-order chi connectivity index (χ1) is 8.56. The zero-order chi connectivity index (χ0) is 13.1. The number of nitrogen functional groups attached to an aromatic ring is 1. The second kappa shape index (κ2) is 5.23. The summed E-state index contributed by atoms with van der Waals surface area (Å²) in [5.41, 5.74) is 6.68. The van der Waals surface area contributed by atoms with Crippen LogP contribution in [0.15, 0.2) is 52.3 Å². The van der Waals surface area contributed by atoms with Gasteiger partial charge in [0.15, 0.2) is 5.78 Å². The summed E-state index contributed by atoms with van der Waals surface area (Å²) in [4.78, 5) is 13.0. The van der Waals surface area contributed by atoms with Crippen molar-refractivity contribution in [2.45, 2.75) is 16.7 Å². The number of hydrogen-bond acceptors (Lipinski definition) is 3. The highest BCUT2D eigenvalue weighted by Gasteiger charge is 2.07. The topological polar surface area (TPSA) is 43.1 Å². The average Bonchev–Trinajstić information content (AvgIpc) is 2.31. The zero-order valence-corrected chi connectivity index (χ0v) is 10.6. The van der Waals surface area contributed by atoms with Crippen LogP contribution in [0.3, 0.4) is 0 Å². The number of Topliss-reactive ketones (excluding diaryl/α,β-unsaturated/α-hetero) is 1. The van der Waals surface area contributed by atoms with E-state index >= 15 is 0 Å². The van der Waals surface area contributed by atoms with Gasteiger partial charge in [0.2, 0.25) is 0 Å². The standard InChI is InChI=1S/C14H12FNOS/c1-9(17)13-8-12(5-6-14(13)16)18-11-4-2-3-10(15)7-11/h2-8H,16H2,1H3. The molecule has 0 saturated heterocycles. The minimum absolute atomic E-state index is 0.0748. The first kappa shape index (κ1) is 12.6. The molecule has 18 heavy (non-hydrogen) atoms. The number of ketones is 1. The molecule has 2 N–H and O–H groups in total. The lowest BCUT2D eigenvalue weighted by Gasteiger charge is -2.06. The summed E-state index contributed by atoms with van der Waals surface area (Å²) in [6, 6.07) is 11.6. The Labute approximate surface area is 109 Å². The molecule has 2 nitrogen and oxygen atoms in total. The Hall–Kier alpha value is -1.81. The van der Waals surface area contributed by atoms with Gasteiger partial charge in [-0.1, -0.05) is 17.8 Å². The summed E-state index contributed by atoms with van der Waals surface area (Å²) in [5.74, 6) is -0.351. The van der Waals surface area contributed by atoms with Gasteiger partial charge in [-0.15, -0.1) is 0 Å². The van der Waals surface area contributed by atoms with E-state index < -0.39 is 0 Å². The van der Waals surface area contributed by atoms with E-state index in [4.69, 9.17) is 5.73 Å². The second-order valence-corrected chi connectivity index (χ2v) is 5.01. The van der Waals surface area contributed by atoms with E-state index in [9.17, 15) is 9.18 Å². The molecule has 0 saturated carbocycles. The number of carbonyl (C=O) groups excluding carboxylic acids is 1. The molecular formula is C14H12FNOS. The summed E-state index contributed by atoms with van der Waals surface area (Å²) in [6.07, 6.45) is 0. The highest BCUT2D eigenvalue weighted by Crippen LogP contribution is 2.30. The SMILES string of the molecule is CC(=O)c1cc(Sc2cccc(F)c2)ccc1N. The molecule has 0 spiro atoms. The van der Waals surface area contributed by atoms with E-state index in [0.717, 1.165) is 9.79 Å². The van der Waals surface area contributed by atoms with Crippen LogP contribution in [0.5, 0.6) is 0 Å². The van der Waals surface area contributed by atoms with Crippen molar-refractivity contribution in [3.05, 3.63) is 53.8 Å². The van der Waals surface area contributed by atoms with Crippen LogP contribution < -0.4 is 5.73 Å². The molecule has 92 valence electrons. The van der Waals surface area contributed by atoms with Gasteiger partial charge in [-0.3, -0.25) is 4.79 Å². The maximum absolute atomic E-state index is 13.1. The molecule has 0 amide bonds. The highest BCUT2D eigenvalue weighted by molar-refractivity contribution is 7.99. The minimum atomic E-state index is -0.276. The zero-order valence-electron chi connectivity index (χ0n) is 9.81. The number of anilines is 1. The van der Waals surface area contributed by atoms with Gasteiger partial charge in [-0.25, -0.2) is 4.39 Å².